The number of nitrogens with zero attached hydrogens (tertiary/aromatic N) is 1. The van der Waals surface area contributed by atoms with Gasteiger partial charge < -0.3 is 9.64 Å². The minimum atomic E-state index is -0.114. The highest BCUT2D eigenvalue weighted by molar-refractivity contribution is 6.05. The van der Waals surface area contributed by atoms with Crippen LogP contribution < -0.4 is 4.74 Å². The predicted octanol–water partition coefficient (Wildman–Crippen LogP) is 2.66. The maximum Gasteiger partial charge on any atom is 0.230 e. The standard InChI is InChI=1S/C18H17NO3/c1-22-17-8-7-14(13-5-3-2-4-6-13)9-15(17)11-19-12-16(20)10-18(19)21/h2-9H,10-12H2,1H3. The third kappa shape index (κ3) is 2.86. The number of benzene rings is 2. The predicted molar refractivity (Wildman–Crippen MR) is 83.5 cm³/mol. The summed E-state index contributed by atoms with van der Waals surface area (Å²) >= 11 is 0. The van der Waals surface area contributed by atoms with Crippen molar-refractivity contribution in [3.05, 3.63) is 54.1 Å². The molecule has 1 heterocycles. The van der Waals surface area contributed by atoms with E-state index in [1.54, 1.807) is 12.0 Å². The SMILES string of the molecule is COc1ccc(-c2ccccc2)cc1CN1CC(=O)CC1=O. The van der Waals surface area contributed by atoms with E-state index in [1.165, 1.54) is 0 Å². The van der Waals surface area contributed by atoms with E-state index >= 15 is 0 Å². The topological polar surface area (TPSA) is 46.6 Å². The van der Waals surface area contributed by atoms with E-state index in [0.29, 0.717) is 6.54 Å². The molecule has 0 N–H and O–H groups in total. The molecule has 0 bridgehead atoms. The Bertz CT molecular complexity index is 710. The molecule has 0 aliphatic carbocycles. The fraction of sp³-hybridized carbons (Fsp3) is 0.222. The van der Waals surface area contributed by atoms with Crippen LogP contribution in [-0.2, 0) is 16.1 Å². The fourth-order valence-electron chi connectivity index (χ4n) is 2.70. The number of rotatable bonds is 4. The van der Waals surface area contributed by atoms with Crippen molar-refractivity contribution in [1.29, 1.82) is 0 Å². The van der Waals surface area contributed by atoms with E-state index in [2.05, 4.69) is 0 Å². The molecule has 4 nitrogen and oxygen atoms in total. The first kappa shape index (κ1) is 14.3. The molecule has 0 radical (unpaired) electrons. The van der Waals surface area contributed by atoms with E-state index in [-0.39, 0.29) is 24.7 Å². The van der Waals surface area contributed by atoms with Gasteiger partial charge in [-0.25, -0.2) is 0 Å². The molecule has 22 heavy (non-hydrogen) atoms. The van der Waals surface area contributed by atoms with Gasteiger partial charge in [0.25, 0.3) is 0 Å². The molecule has 2 aromatic rings. The maximum atomic E-state index is 11.8. The number of amides is 1. The van der Waals surface area contributed by atoms with Gasteiger partial charge in [0.1, 0.15) is 5.75 Å². The molecule has 0 aromatic heterocycles. The van der Waals surface area contributed by atoms with Crippen LogP contribution in [0.15, 0.2) is 48.5 Å². The Morgan fingerprint density at radius 1 is 1.05 bits per heavy atom. The van der Waals surface area contributed by atoms with Crippen molar-refractivity contribution in [2.45, 2.75) is 13.0 Å². The van der Waals surface area contributed by atoms with Gasteiger partial charge in [-0.1, -0.05) is 36.4 Å². The molecule has 1 saturated heterocycles. The van der Waals surface area contributed by atoms with Gasteiger partial charge in [0.2, 0.25) is 5.91 Å². The summed E-state index contributed by atoms with van der Waals surface area (Å²) in [4.78, 5) is 24.8. The summed E-state index contributed by atoms with van der Waals surface area (Å²) in [6.45, 7) is 0.589. The molecular weight excluding hydrogens is 278 g/mol. The number of Topliss-reactive ketones (excluding diaryl/α,β-unsaturated/α-hetero) is 1. The number of carbonyl (C=O) groups excluding carboxylic acids is 2. The van der Waals surface area contributed by atoms with Gasteiger partial charge >= 0.3 is 0 Å². The smallest absolute Gasteiger partial charge is 0.230 e. The molecule has 1 fully saturated rings. The normalized spacial score (nSPS) is 14.5. The number of carbonyl (C=O) groups is 2. The number of methoxy groups -OCH3 is 1. The zero-order valence-corrected chi connectivity index (χ0v) is 12.4. The first-order chi connectivity index (χ1) is 10.7. The van der Waals surface area contributed by atoms with Gasteiger partial charge in [-0.3, -0.25) is 9.59 Å². The molecule has 1 aliphatic rings. The lowest BCUT2D eigenvalue weighted by Crippen LogP contribution is -2.24. The third-order valence-corrected chi connectivity index (χ3v) is 3.82. The van der Waals surface area contributed by atoms with Crippen LogP contribution in [0, 0.1) is 0 Å². The number of ether oxygens (including phenoxy) is 1. The second-order valence-corrected chi connectivity index (χ2v) is 5.36. The van der Waals surface area contributed by atoms with Crippen molar-refractivity contribution in [1.82, 2.24) is 4.90 Å². The largest absolute Gasteiger partial charge is 0.496 e. The minimum absolute atomic E-state index is 0.0146. The monoisotopic (exact) mass is 295 g/mol. The molecule has 0 atom stereocenters. The van der Waals surface area contributed by atoms with Gasteiger partial charge in [-0.15, -0.1) is 0 Å². The zero-order valence-electron chi connectivity index (χ0n) is 12.4. The highest BCUT2D eigenvalue weighted by Gasteiger charge is 2.27. The van der Waals surface area contributed by atoms with Crippen LogP contribution in [0.3, 0.4) is 0 Å². The van der Waals surface area contributed by atoms with Gasteiger partial charge in [0, 0.05) is 12.1 Å². The lowest BCUT2D eigenvalue weighted by atomic mass is 10.0. The third-order valence-electron chi connectivity index (χ3n) is 3.82. The van der Waals surface area contributed by atoms with Crippen LogP contribution in [0.1, 0.15) is 12.0 Å². The number of hydrogen-bond acceptors (Lipinski definition) is 3. The average molecular weight is 295 g/mol. The van der Waals surface area contributed by atoms with Crippen molar-refractivity contribution in [3.8, 4) is 16.9 Å². The summed E-state index contributed by atoms with van der Waals surface area (Å²) in [6.07, 6.45) is 0.0146. The maximum absolute atomic E-state index is 11.8. The molecule has 1 aliphatic heterocycles. The van der Waals surface area contributed by atoms with E-state index in [9.17, 15) is 9.59 Å². The Labute approximate surface area is 129 Å². The molecule has 4 heteroatoms. The van der Waals surface area contributed by atoms with Crippen molar-refractivity contribution in [2.24, 2.45) is 0 Å². The Morgan fingerprint density at radius 3 is 2.45 bits per heavy atom. The summed E-state index contributed by atoms with van der Waals surface area (Å²) in [5.41, 5.74) is 3.08. The Hall–Kier alpha value is -2.62. The van der Waals surface area contributed by atoms with Crippen molar-refractivity contribution < 1.29 is 14.3 Å². The van der Waals surface area contributed by atoms with E-state index in [1.807, 2.05) is 48.5 Å². The number of ketones is 1. The molecule has 3 rings (SSSR count). The van der Waals surface area contributed by atoms with Crippen LogP contribution in [0.5, 0.6) is 5.75 Å². The molecule has 112 valence electrons. The number of likely N-dealkylation sites (tertiary alicyclic amines) is 1. The van der Waals surface area contributed by atoms with E-state index in [0.717, 1.165) is 22.4 Å². The highest BCUT2D eigenvalue weighted by atomic mass is 16.5. The summed E-state index contributed by atoms with van der Waals surface area (Å²) in [7, 11) is 1.61. The lowest BCUT2D eigenvalue weighted by Gasteiger charge is -2.18. The summed E-state index contributed by atoms with van der Waals surface area (Å²) in [5.74, 6) is 0.590. The van der Waals surface area contributed by atoms with Crippen LogP contribution in [0.25, 0.3) is 11.1 Å². The van der Waals surface area contributed by atoms with Gasteiger partial charge in [-0.05, 0) is 23.3 Å². The Kier molecular flexibility index (Phi) is 3.92. The van der Waals surface area contributed by atoms with Gasteiger partial charge in [-0.2, -0.15) is 0 Å². The molecule has 0 unspecified atom stereocenters. The average Bonchev–Trinajstić information content (AvgIpc) is 2.86. The van der Waals surface area contributed by atoms with Gasteiger partial charge in [0.15, 0.2) is 5.78 Å². The second-order valence-electron chi connectivity index (χ2n) is 5.36. The van der Waals surface area contributed by atoms with Crippen LogP contribution in [0.2, 0.25) is 0 Å². The minimum Gasteiger partial charge on any atom is -0.496 e. The first-order valence-electron chi connectivity index (χ1n) is 7.19. The van der Waals surface area contributed by atoms with Crippen LogP contribution in [-0.4, -0.2) is 30.2 Å². The molecular formula is C18H17NO3. The molecule has 2 aromatic carbocycles. The molecule has 0 saturated carbocycles. The van der Waals surface area contributed by atoms with Crippen molar-refractivity contribution in [3.63, 3.8) is 0 Å². The summed E-state index contributed by atoms with van der Waals surface area (Å²) in [6, 6.07) is 15.9. The first-order valence-corrected chi connectivity index (χ1v) is 7.19. The molecule has 0 spiro atoms. The second kappa shape index (κ2) is 6.02. The Morgan fingerprint density at radius 2 is 1.82 bits per heavy atom. The van der Waals surface area contributed by atoms with Crippen LogP contribution in [0.4, 0.5) is 0 Å². The van der Waals surface area contributed by atoms with Crippen LogP contribution >= 0.6 is 0 Å². The summed E-state index contributed by atoms with van der Waals surface area (Å²) in [5, 5.41) is 0. The lowest BCUT2D eigenvalue weighted by molar-refractivity contribution is -0.128. The zero-order chi connectivity index (χ0) is 15.5. The molecule has 1 amide bonds. The van der Waals surface area contributed by atoms with Crippen molar-refractivity contribution >= 4 is 11.7 Å². The Balaban J connectivity index is 1.92. The quantitative estimate of drug-likeness (QED) is 0.815. The number of hydrogen-bond donors (Lipinski definition) is 0. The highest BCUT2D eigenvalue weighted by Crippen LogP contribution is 2.28. The van der Waals surface area contributed by atoms with E-state index < -0.39 is 0 Å². The fourth-order valence-corrected chi connectivity index (χ4v) is 2.70. The summed E-state index contributed by atoms with van der Waals surface area (Å²) < 4.78 is 5.39. The van der Waals surface area contributed by atoms with Crippen molar-refractivity contribution in [2.75, 3.05) is 13.7 Å². The van der Waals surface area contributed by atoms with Gasteiger partial charge in [0.05, 0.1) is 20.1 Å². The van der Waals surface area contributed by atoms with E-state index in [4.69, 9.17) is 4.74 Å².